The van der Waals surface area contributed by atoms with Crippen LogP contribution in [0.3, 0.4) is 0 Å². The molecule has 0 aliphatic rings. The maximum absolute atomic E-state index is 10.9. The van der Waals surface area contributed by atoms with Gasteiger partial charge in [0.25, 0.3) is 0 Å². The Morgan fingerprint density at radius 2 is 1.94 bits per heavy atom. The van der Waals surface area contributed by atoms with Crippen LogP contribution >= 0.6 is 11.3 Å². The third-order valence-corrected chi connectivity index (χ3v) is 3.42. The predicted octanol–water partition coefficient (Wildman–Crippen LogP) is 3.27. The maximum Gasteiger partial charge on any atom is 0.221 e. The van der Waals surface area contributed by atoms with Crippen molar-refractivity contribution in [3.05, 3.63) is 40.8 Å². The second-order valence-electron chi connectivity index (χ2n) is 4.03. The number of anilines is 2. The Bertz CT molecular complexity index is 508. The highest BCUT2D eigenvalue weighted by molar-refractivity contribution is 7.09. The fraction of sp³-hybridized carbons (Fsp3) is 0.231. The van der Waals surface area contributed by atoms with E-state index in [1.54, 1.807) is 11.3 Å². The summed E-state index contributed by atoms with van der Waals surface area (Å²) >= 11 is 1.63. The monoisotopic (exact) mass is 261 g/mol. The van der Waals surface area contributed by atoms with Crippen LogP contribution in [0, 0.1) is 0 Å². The SMILES string of the molecule is CC(=O)Nc1ccc(NC(C)c2cncs2)cc1. The molecule has 18 heavy (non-hydrogen) atoms. The van der Waals surface area contributed by atoms with Crippen LogP contribution in [-0.2, 0) is 4.79 Å². The lowest BCUT2D eigenvalue weighted by Gasteiger charge is -2.13. The van der Waals surface area contributed by atoms with Gasteiger partial charge < -0.3 is 10.6 Å². The number of thiazole rings is 1. The van der Waals surface area contributed by atoms with Crippen LogP contribution in [0.25, 0.3) is 0 Å². The van der Waals surface area contributed by atoms with Gasteiger partial charge in [0.2, 0.25) is 5.91 Å². The number of rotatable bonds is 4. The molecule has 1 heterocycles. The third-order valence-electron chi connectivity index (χ3n) is 2.47. The number of hydrogen-bond acceptors (Lipinski definition) is 4. The van der Waals surface area contributed by atoms with Crippen LogP contribution in [-0.4, -0.2) is 10.9 Å². The normalized spacial score (nSPS) is 11.9. The van der Waals surface area contributed by atoms with E-state index in [4.69, 9.17) is 0 Å². The van der Waals surface area contributed by atoms with Crippen LogP contribution in [0.15, 0.2) is 36.0 Å². The maximum atomic E-state index is 10.9. The summed E-state index contributed by atoms with van der Waals surface area (Å²) in [6, 6.07) is 7.88. The van der Waals surface area contributed by atoms with E-state index in [0.29, 0.717) is 0 Å². The number of benzene rings is 1. The van der Waals surface area contributed by atoms with Crippen molar-refractivity contribution in [1.29, 1.82) is 0 Å². The van der Waals surface area contributed by atoms with Crippen LogP contribution in [0.2, 0.25) is 0 Å². The second kappa shape index (κ2) is 5.64. The Labute approximate surface area is 110 Å². The molecule has 1 aromatic carbocycles. The van der Waals surface area contributed by atoms with Crippen molar-refractivity contribution in [2.24, 2.45) is 0 Å². The average Bonchev–Trinajstić information content (AvgIpc) is 2.84. The van der Waals surface area contributed by atoms with Crippen LogP contribution in [0.5, 0.6) is 0 Å². The first kappa shape index (κ1) is 12.6. The van der Waals surface area contributed by atoms with Gasteiger partial charge in [-0.25, -0.2) is 0 Å². The van der Waals surface area contributed by atoms with E-state index in [1.165, 1.54) is 11.8 Å². The van der Waals surface area contributed by atoms with Gasteiger partial charge in [-0.1, -0.05) is 0 Å². The molecule has 4 nitrogen and oxygen atoms in total. The summed E-state index contributed by atoms with van der Waals surface area (Å²) < 4.78 is 0. The van der Waals surface area contributed by atoms with E-state index >= 15 is 0 Å². The Morgan fingerprint density at radius 3 is 2.50 bits per heavy atom. The van der Waals surface area contributed by atoms with Crippen LogP contribution in [0.4, 0.5) is 11.4 Å². The zero-order chi connectivity index (χ0) is 13.0. The van der Waals surface area contributed by atoms with Gasteiger partial charge in [-0.05, 0) is 31.2 Å². The largest absolute Gasteiger partial charge is 0.378 e. The molecule has 1 atom stereocenters. The molecule has 0 saturated carbocycles. The summed E-state index contributed by atoms with van der Waals surface area (Å²) in [4.78, 5) is 16.2. The topological polar surface area (TPSA) is 54.0 Å². The molecule has 2 aromatic rings. The van der Waals surface area contributed by atoms with E-state index in [-0.39, 0.29) is 11.9 Å². The number of nitrogens with zero attached hydrogens (tertiary/aromatic N) is 1. The molecule has 2 rings (SSSR count). The first-order valence-electron chi connectivity index (χ1n) is 5.68. The highest BCUT2D eigenvalue weighted by Gasteiger charge is 2.06. The third kappa shape index (κ3) is 3.30. The number of nitrogens with one attached hydrogen (secondary N) is 2. The lowest BCUT2D eigenvalue weighted by molar-refractivity contribution is -0.114. The summed E-state index contributed by atoms with van der Waals surface area (Å²) in [7, 11) is 0. The minimum Gasteiger partial charge on any atom is -0.378 e. The number of hydrogen-bond donors (Lipinski definition) is 2. The van der Waals surface area contributed by atoms with Crippen molar-refractivity contribution < 1.29 is 4.79 Å². The van der Waals surface area contributed by atoms with Crippen molar-refractivity contribution in [1.82, 2.24) is 4.98 Å². The average molecular weight is 261 g/mol. The lowest BCUT2D eigenvalue weighted by atomic mass is 10.2. The van der Waals surface area contributed by atoms with Crippen molar-refractivity contribution in [3.63, 3.8) is 0 Å². The number of amides is 1. The summed E-state index contributed by atoms with van der Waals surface area (Å²) in [5, 5.41) is 6.12. The Kier molecular flexibility index (Phi) is 3.94. The smallest absolute Gasteiger partial charge is 0.221 e. The van der Waals surface area contributed by atoms with Crippen LogP contribution < -0.4 is 10.6 Å². The van der Waals surface area contributed by atoms with E-state index in [2.05, 4.69) is 22.5 Å². The zero-order valence-electron chi connectivity index (χ0n) is 10.3. The quantitative estimate of drug-likeness (QED) is 0.888. The molecule has 1 unspecified atom stereocenters. The first-order valence-corrected chi connectivity index (χ1v) is 6.55. The highest BCUT2D eigenvalue weighted by Crippen LogP contribution is 2.22. The molecule has 0 aliphatic carbocycles. The van der Waals surface area contributed by atoms with Crippen molar-refractivity contribution in [2.45, 2.75) is 19.9 Å². The molecule has 0 fully saturated rings. The zero-order valence-corrected chi connectivity index (χ0v) is 11.1. The van der Waals surface area contributed by atoms with E-state index in [9.17, 15) is 4.79 Å². The van der Waals surface area contributed by atoms with Gasteiger partial charge in [-0.15, -0.1) is 11.3 Å². The van der Waals surface area contributed by atoms with Gasteiger partial charge >= 0.3 is 0 Å². The fourth-order valence-corrected chi connectivity index (χ4v) is 2.24. The Balaban J connectivity index is 2.00. The van der Waals surface area contributed by atoms with Gasteiger partial charge in [-0.2, -0.15) is 0 Å². The molecule has 1 amide bonds. The molecule has 5 heteroatoms. The molecule has 0 bridgehead atoms. The minimum atomic E-state index is -0.0614. The van der Waals surface area contributed by atoms with Gasteiger partial charge in [0.1, 0.15) is 0 Å². The Morgan fingerprint density at radius 1 is 1.28 bits per heavy atom. The van der Waals surface area contributed by atoms with Crippen molar-refractivity contribution in [3.8, 4) is 0 Å². The van der Waals surface area contributed by atoms with E-state index < -0.39 is 0 Å². The molecular weight excluding hydrogens is 246 g/mol. The molecule has 0 saturated heterocycles. The summed E-state index contributed by atoms with van der Waals surface area (Å²) in [5.74, 6) is -0.0614. The summed E-state index contributed by atoms with van der Waals surface area (Å²) in [5.41, 5.74) is 3.65. The van der Waals surface area contributed by atoms with E-state index in [0.717, 1.165) is 11.4 Å². The van der Waals surface area contributed by atoms with Crippen molar-refractivity contribution >= 4 is 28.6 Å². The molecular formula is C13H15N3OS. The first-order chi connectivity index (χ1) is 8.65. The number of aromatic nitrogens is 1. The number of carbonyl (C=O) groups is 1. The predicted molar refractivity (Wildman–Crippen MR) is 74.9 cm³/mol. The van der Waals surface area contributed by atoms with Gasteiger partial charge in [0.15, 0.2) is 0 Å². The van der Waals surface area contributed by atoms with Gasteiger partial charge in [0.05, 0.1) is 11.6 Å². The molecule has 2 N–H and O–H groups in total. The number of carbonyl (C=O) groups excluding carboxylic acids is 1. The highest BCUT2D eigenvalue weighted by atomic mass is 32.1. The van der Waals surface area contributed by atoms with Crippen molar-refractivity contribution in [2.75, 3.05) is 10.6 Å². The lowest BCUT2D eigenvalue weighted by Crippen LogP contribution is -2.07. The summed E-state index contributed by atoms with van der Waals surface area (Å²) in [6.07, 6.45) is 1.87. The fourth-order valence-electron chi connectivity index (χ4n) is 1.61. The Hall–Kier alpha value is -1.88. The second-order valence-corrected chi connectivity index (χ2v) is 4.95. The minimum absolute atomic E-state index is 0.0614. The van der Waals surface area contributed by atoms with Gasteiger partial charge in [0, 0.05) is 29.4 Å². The van der Waals surface area contributed by atoms with Crippen LogP contribution in [0.1, 0.15) is 24.8 Å². The molecule has 0 aliphatic heterocycles. The molecule has 0 radical (unpaired) electrons. The standard InChI is InChI=1S/C13H15N3OS/c1-9(13-7-14-8-18-13)15-11-3-5-12(6-4-11)16-10(2)17/h3-9,15H,1-2H3,(H,16,17). The van der Waals surface area contributed by atoms with Gasteiger partial charge in [-0.3, -0.25) is 9.78 Å². The summed E-state index contributed by atoms with van der Waals surface area (Å²) in [6.45, 7) is 3.59. The molecule has 0 spiro atoms. The molecule has 1 aromatic heterocycles. The molecule has 94 valence electrons. The van der Waals surface area contributed by atoms with E-state index in [1.807, 2.05) is 36.0 Å².